The van der Waals surface area contributed by atoms with Gasteiger partial charge in [-0.2, -0.15) is 0 Å². The van der Waals surface area contributed by atoms with Gasteiger partial charge in [0.25, 0.3) is 5.69 Å². The van der Waals surface area contributed by atoms with Gasteiger partial charge in [-0.05, 0) is 17.2 Å². The van der Waals surface area contributed by atoms with Gasteiger partial charge >= 0.3 is 0 Å². The molecule has 3 rings (SSSR count). The highest BCUT2D eigenvalue weighted by Crippen LogP contribution is 2.38. The lowest BCUT2D eigenvalue weighted by molar-refractivity contribution is -0.385. The molecule has 118 valence electrons. The zero-order chi connectivity index (χ0) is 16.9. The van der Waals surface area contributed by atoms with E-state index < -0.39 is 0 Å². The highest BCUT2D eigenvalue weighted by atomic mass is 16.6. The molecule has 0 saturated carbocycles. The molecule has 0 atom stereocenters. The monoisotopic (exact) mass is 315 g/mol. The maximum Gasteiger partial charge on any atom is 0.280 e. The summed E-state index contributed by atoms with van der Waals surface area (Å²) in [6.45, 7) is 3.72. The molecule has 3 nitrogen and oxygen atoms in total. The van der Waals surface area contributed by atoms with Crippen molar-refractivity contribution in [2.75, 3.05) is 0 Å². The molecular formula is C21H17NO2. The van der Waals surface area contributed by atoms with Crippen LogP contribution in [0.5, 0.6) is 0 Å². The van der Waals surface area contributed by atoms with Crippen LogP contribution in [0.2, 0.25) is 0 Å². The Morgan fingerprint density at radius 1 is 0.833 bits per heavy atom. The fourth-order valence-electron chi connectivity index (χ4n) is 3.03. The van der Waals surface area contributed by atoms with E-state index in [1.54, 1.807) is 6.07 Å². The Kier molecular flexibility index (Phi) is 4.52. The lowest BCUT2D eigenvalue weighted by Crippen LogP contribution is -2.07. The lowest BCUT2D eigenvalue weighted by Gasteiger charge is -2.19. The molecule has 0 aliphatic rings. The molecule has 0 saturated heterocycles. The van der Waals surface area contributed by atoms with Crippen LogP contribution in [-0.2, 0) is 0 Å². The number of hydrogen-bond donors (Lipinski definition) is 0. The first kappa shape index (κ1) is 15.7. The molecule has 0 aromatic heterocycles. The summed E-state index contributed by atoms with van der Waals surface area (Å²) in [6.07, 6.45) is 1.54. The molecule has 0 aliphatic carbocycles. The van der Waals surface area contributed by atoms with Gasteiger partial charge < -0.3 is 0 Å². The molecule has 0 spiro atoms. The van der Waals surface area contributed by atoms with Crippen LogP contribution in [0.1, 0.15) is 28.2 Å². The van der Waals surface area contributed by atoms with Gasteiger partial charge in [0.1, 0.15) is 0 Å². The van der Waals surface area contributed by atoms with Crippen molar-refractivity contribution in [3.05, 3.63) is 118 Å². The van der Waals surface area contributed by atoms with Gasteiger partial charge in [-0.1, -0.05) is 85.5 Å². The van der Waals surface area contributed by atoms with Crippen LogP contribution in [0.4, 0.5) is 5.69 Å². The van der Waals surface area contributed by atoms with Gasteiger partial charge in [0.2, 0.25) is 0 Å². The van der Waals surface area contributed by atoms with Gasteiger partial charge in [-0.15, -0.1) is 0 Å². The maximum atomic E-state index is 11.7. The summed E-state index contributed by atoms with van der Waals surface area (Å²) >= 11 is 0. The first-order chi connectivity index (χ1) is 11.7. The number of nitro groups is 1. The van der Waals surface area contributed by atoms with Gasteiger partial charge in [-0.3, -0.25) is 10.1 Å². The molecule has 3 aromatic rings. The standard InChI is InChI=1S/C21H17NO2/c1-2-16-14-9-15-19(21(16)22(23)24)20(17-10-5-3-6-11-17)18-12-7-4-8-13-18/h2-15,20H,1H2. The highest BCUT2D eigenvalue weighted by molar-refractivity contribution is 5.65. The minimum Gasteiger partial charge on any atom is -0.258 e. The molecule has 0 amide bonds. The maximum absolute atomic E-state index is 11.7. The summed E-state index contributed by atoms with van der Waals surface area (Å²) < 4.78 is 0. The van der Waals surface area contributed by atoms with Crippen molar-refractivity contribution in [3.8, 4) is 0 Å². The summed E-state index contributed by atoms with van der Waals surface area (Å²) in [5.41, 5.74) is 3.37. The molecule has 0 bridgehead atoms. The van der Waals surface area contributed by atoms with Crippen molar-refractivity contribution in [2.45, 2.75) is 5.92 Å². The number of hydrogen-bond acceptors (Lipinski definition) is 2. The number of nitro benzene ring substituents is 1. The van der Waals surface area contributed by atoms with E-state index in [1.807, 2.05) is 72.8 Å². The van der Waals surface area contributed by atoms with Gasteiger partial charge in [-0.25, -0.2) is 0 Å². The molecule has 24 heavy (non-hydrogen) atoms. The highest BCUT2D eigenvalue weighted by Gasteiger charge is 2.26. The Morgan fingerprint density at radius 3 is 1.83 bits per heavy atom. The molecule has 3 heteroatoms. The minimum atomic E-state index is -0.314. The van der Waals surface area contributed by atoms with Crippen molar-refractivity contribution < 1.29 is 4.92 Å². The van der Waals surface area contributed by atoms with E-state index in [0.717, 1.165) is 11.1 Å². The van der Waals surface area contributed by atoms with Crippen molar-refractivity contribution in [2.24, 2.45) is 0 Å². The van der Waals surface area contributed by atoms with Crippen LogP contribution in [0.25, 0.3) is 6.08 Å². The molecular weight excluding hydrogens is 298 g/mol. The quantitative estimate of drug-likeness (QED) is 0.358. The average Bonchev–Trinajstić information content (AvgIpc) is 2.63. The van der Waals surface area contributed by atoms with Gasteiger partial charge in [0, 0.05) is 11.5 Å². The van der Waals surface area contributed by atoms with Crippen LogP contribution < -0.4 is 0 Å². The Bertz CT molecular complexity index is 818. The third-order valence-corrected chi connectivity index (χ3v) is 4.08. The molecule has 0 N–H and O–H groups in total. The zero-order valence-corrected chi connectivity index (χ0v) is 13.1. The first-order valence-corrected chi connectivity index (χ1v) is 7.72. The predicted molar refractivity (Wildman–Crippen MR) is 97.0 cm³/mol. The second-order valence-corrected chi connectivity index (χ2v) is 5.50. The summed E-state index contributed by atoms with van der Waals surface area (Å²) in [4.78, 5) is 11.4. The lowest BCUT2D eigenvalue weighted by atomic mass is 9.83. The van der Waals surface area contributed by atoms with E-state index in [0.29, 0.717) is 11.1 Å². The second-order valence-electron chi connectivity index (χ2n) is 5.50. The fraction of sp³-hybridized carbons (Fsp3) is 0.0476. The van der Waals surface area contributed by atoms with Crippen molar-refractivity contribution in [1.29, 1.82) is 0 Å². The molecule has 0 radical (unpaired) electrons. The van der Waals surface area contributed by atoms with E-state index >= 15 is 0 Å². The first-order valence-electron chi connectivity index (χ1n) is 7.72. The Hall–Kier alpha value is -3.20. The fourth-order valence-corrected chi connectivity index (χ4v) is 3.03. The van der Waals surface area contributed by atoms with Crippen LogP contribution >= 0.6 is 0 Å². The smallest absolute Gasteiger partial charge is 0.258 e. The Balaban J connectivity index is 2.28. The number of rotatable bonds is 5. The van der Waals surface area contributed by atoms with Crippen LogP contribution in [0.15, 0.2) is 85.4 Å². The number of para-hydroxylation sites is 1. The summed E-state index contributed by atoms with van der Waals surface area (Å²) in [7, 11) is 0. The van der Waals surface area contributed by atoms with Crippen molar-refractivity contribution in [3.63, 3.8) is 0 Å². The summed E-state index contributed by atoms with van der Waals surface area (Å²) in [5, 5.41) is 11.7. The molecule has 3 aromatic carbocycles. The second kappa shape index (κ2) is 6.92. The normalized spacial score (nSPS) is 10.5. The zero-order valence-electron chi connectivity index (χ0n) is 13.1. The Morgan fingerprint density at radius 2 is 1.38 bits per heavy atom. The summed E-state index contributed by atoms with van der Waals surface area (Å²) in [6, 6.07) is 25.1. The third kappa shape index (κ3) is 2.97. The number of nitrogens with zero attached hydrogens (tertiary/aromatic N) is 1. The average molecular weight is 315 g/mol. The van der Waals surface area contributed by atoms with E-state index in [-0.39, 0.29) is 16.5 Å². The third-order valence-electron chi connectivity index (χ3n) is 4.08. The minimum absolute atomic E-state index is 0.116. The van der Waals surface area contributed by atoms with E-state index in [1.165, 1.54) is 6.08 Å². The van der Waals surface area contributed by atoms with Gasteiger partial charge in [0.15, 0.2) is 0 Å². The largest absolute Gasteiger partial charge is 0.280 e. The summed E-state index contributed by atoms with van der Waals surface area (Å²) in [5.74, 6) is -0.201. The van der Waals surface area contributed by atoms with Gasteiger partial charge in [0.05, 0.1) is 10.5 Å². The van der Waals surface area contributed by atoms with Crippen LogP contribution in [0, 0.1) is 10.1 Å². The molecule has 0 fully saturated rings. The van der Waals surface area contributed by atoms with E-state index in [4.69, 9.17) is 0 Å². The van der Waals surface area contributed by atoms with Crippen LogP contribution in [0.3, 0.4) is 0 Å². The van der Waals surface area contributed by atoms with E-state index in [2.05, 4.69) is 6.58 Å². The molecule has 0 unspecified atom stereocenters. The predicted octanol–water partition coefficient (Wildman–Crippen LogP) is 5.42. The van der Waals surface area contributed by atoms with E-state index in [9.17, 15) is 10.1 Å². The SMILES string of the molecule is C=Cc1cccc(C(c2ccccc2)c2ccccc2)c1[N+](=O)[O-]. The Labute approximate surface area is 141 Å². The topological polar surface area (TPSA) is 43.1 Å². The van der Waals surface area contributed by atoms with Crippen LogP contribution in [-0.4, -0.2) is 4.92 Å². The van der Waals surface area contributed by atoms with Crippen molar-refractivity contribution in [1.82, 2.24) is 0 Å². The van der Waals surface area contributed by atoms with Crippen molar-refractivity contribution >= 4 is 11.8 Å². The molecule has 0 aliphatic heterocycles. The molecule has 0 heterocycles. The number of benzene rings is 3.